The minimum atomic E-state index is -3.85. The third-order valence-electron chi connectivity index (χ3n) is 3.20. The van der Waals surface area contributed by atoms with Gasteiger partial charge < -0.3 is 5.32 Å². The first-order chi connectivity index (χ1) is 9.37. The minimum Gasteiger partial charge on any atom is -0.313 e. The monoisotopic (exact) mass is 303 g/mol. The molecular weight excluding hydrogens is 289 g/mol. The molecule has 9 heteroatoms. The van der Waals surface area contributed by atoms with E-state index < -0.39 is 26.5 Å². The molecule has 1 aromatic rings. The number of nitro benzene ring substituents is 1. The average Bonchev–Trinajstić information content (AvgIpc) is 2.32. The first kappa shape index (κ1) is 14.8. The Balaban J connectivity index is 2.38. The van der Waals surface area contributed by atoms with Gasteiger partial charge in [-0.05, 0) is 6.07 Å². The molecule has 1 aromatic carbocycles. The maximum atomic E-state index is 13.6. The molecule has 20 heavy (non-hydrogen) atoms. The lowest BCUT2D eigenvalue weighted by molar-refractivity contribution is -0.387. The SMILES string of the molecule is CCN(C1CNC1)S(=O)(=O)c1ccc([N+](=O)[O-])c(F)c1. The molecule has 1 heterocycles. The lowest BCUT2D eigenvalue weighted by atomic mass is 10.2. The fourth-order valence-corrected chi connectivity index (χ4v) is 3.68. The molecule has 0 atom stereocenters. The third-order valence-corrected chi connectivity index (χ3v) is 5.22. The molecule has 0 unspecified atom stereocenters. The standard InChI is InChI=1S/C11H14FN3O4S/c1-2-14(8-6-13-7-8)20(18,19)9-3-4-11(15(16)17)10(12)5-9/h3-5,8,13H,2,6-7H2,1H3. The Bertz CT molecular complexity index is 631. The number of nitrogens with zero attached hydrogens (tertiary/aromatic N) is 2. The molecule has 0 aliphatic carbocycles. The van der Waals surface area contributed by atoms with Crippen LogP contribution < -0.4 is 5.32 Å². The van der Waals surface area contributed by atoms with Gasteiger partial charge in [-0.1, -0.05) is 6.92 Å². The normalized spacial score (nSPS) is 16.1. The van der Waals surface area contributed by atoms with Crippen molar-refractivity contribution in [2.75, 3.05) is 19.6 Å². The van der Waals surface area contributed by atoms with E-state index in [0.717, 1.165) is 12.1 Å². The van der Waals surface area contributed by atoms with Gasteiger partial charge >= 0.3 is 5.69 Å². The second kappa shape index (κ2) is 5.43. The van der Waals surface area contributed by atoms with E-state index in [1.54, 1.807) is 6.92 Å². The predicted molar refractivity (Wildman–Crippen MR) is 69.3 cm³/mol. The van der Waals surface area contributed by atoms with Crippen molar-refractivity contribution < 1.29 is 17.7 Å². The summed E-state index contributed by atoms with van der Waals surface area (Å²) >= 11 is 0. The van der Waals surface area contributed by atoms with Crippen LogP contribution in [0.3, 0.4) is 0 Å². The van der Waals surface area contributed by atoms with Crippen molar-refractivity contribution in [2.45, 2.75) is 17.9 Å². The summed E-state index contributed by atoms with van der Waals surface area (Å²) in [6, 6.07) is 2.46. The summed E-state index contributed by atoms with van der Waals surface area (Å²) < 4.78 is 39.6. The van der Waals surface area contributed by atoms with Crippen molar-refractivity contribution in [2.24, 2.45) is 0 Å². The molecule has 7 nitrogen and oxygen atoms in total. The Morgan fingerprint density at radius 1 is 1.50 bits per heavy atom. The van der Waals surface area contributed by atoms with E-state index in [1.807, 2.05) is 0 Å². The summed E-state index contributed by atoms with van der Waals surface area (Å²) in [6.07, 6.45) is 0. The van der Waals surface area contributed by atoms with Crippen LogP contribution in [0.5, 0.6) is 0 Å². The highest BCUT2D eigenvalue weighted by molar-refractivity contribution is 7.89. The first-order valence-corrected chi connectivity index (χ1v) is 7.48. The number of benzene rings is 1. The van der Waals surface area contributed by atoms with E-state index in [2.05, 4.69) is 5.32 Å². The van der Waals surface area contributed by atoms with Crippen LogP contribution >= 0.6 is 0 Å². The van der Waals surface area contributed by atoms with Gasteiger partial charge in [0.05, 0.1) is 9.82 Å². The van der Waals surface area contributed by atoms with Crippen molar-refractivity contribution in [1.29, 1.82) is 0 Å². The highest BCUT2D eigenvalue weighted by Crippen LogP contribution is 2.24. The molecule has 0 bridgehead atoms. The molecule has 0 radical (unpaired) electrons. The summed E-state index contributed by atoms with van der Waals surface area (Å²) in [5, 5.41) is 13.5. The predicted octanol–water partition coefficient (Wildman–Crippen LogP) is 0.716. The van der Waals surface area contributed by atoms with E-state index in [0.29, 0.717) is 19.2 Å². The van der Waals surface area contributed by atoms with E-state index in [4.69, 9.17) is 0 Å². The molecule has 1 aliphatic heterocycles. The van der Waals surface area contributed by atoms with Gasteiger partial charge in [-0.25, -0.2) is 8.42 Å². The molecule has 110 valence electrons. The van der Waals surface area contributed by atoms with Gasteiger partial charge in [-0.15, -0.1) is 0 Å². The van der Waals surface area contributed by atoms with Crippen molar-refractivity contribution in [3.05, 3.63) is 34.1 Å². The summed E-state index contributed by atoms with van der Waals surface area (Å²) in [4.78, 5) is 9.38. The zero-order valence-electron chi connectivity index (χ0n) is 10.7. The lowest BCUT2D eigenvalue weighted by Gasteiger charge is -2.36. The van der Waals surface area contributed by atoms with E-state index in [-0.39, 0.29) is 17.5 Å². The summed E-state index contributed by atoms with van der Waals surface area (Å²) in [7, 11) is -3.85. The van der Waals surface area contributed by atoms with Gasteiger partial charge in [0.1, 0.15) is 0 Å². The molecule has 1 saturated heterocycles. The molecule has 0 spiro atoms. The number of hydrogen-bond donors (Lipinski definition) is 1. The Hall–Kier alpha value is -1.58. The van der Waals surface area contributed by atoms with E-state index in [1.165, 1.54) is 4.31 Å². The average molecular weight is 303 g/mol. The van der Waals surface area contributed by atoms with Crippen LogP contribution in [0, 0.1) is 15.9 Å². The number of likely N-dealkylation sites (N-methyl/N-ethyl adjacent to an activating group) is 1. The Labute approximate surface area is 115 Å². The largest absolute Gasteiger partial charge is 0.313 e. The summed E-state index contributed by atoms with van der Waals surface area (Å²) in [6.45, 7) is 3.04. The number of hydrogen-bond acceptors (Lipinski definition) is 5. The van der Waals surface area contributed by atoms with Crippen LogP contribution in [0.15, 0.2) is 23.1 Å². The molecule has 0 saturated carbocycles. The quantitative estimate of drug-likeness (QED) is 0.639. The zero-order valence-corrected chi connectivity index (χ0v) is 11.6. The summed E-state index contributed by atoms with van der Waals surface area (Å²) in [5.74, 6) is -1.15. The third kappa shape index (κ3) is 2.51. The van der Waals surface area contributed by atoms with Crippen LogP contribution in [0.25, 0.3) is 0 Å². The van der Waals surface area contributed by atoms with Crippen LogP contribution in [-0.2, 0) is 10.0 Å². The van der Waals surface area contributed by atoms with Crippen LogP contribution in [0.4, 0.5) is 10.1 Å². The van der Waals surface area contributed by atoms with Gasteiger partial charge in [-0.3, -0.25) is 10.1 Å². The van der Waals surface area contributed by atoms with Crippen LogP contribution in [0.1, 0.15) is 6.92 Å². The summed E-state index contributed by atoms with van der Waals surface area (Å²) in [5.41, 5.74) is -0.739. The first-order valence-electron chi connectivity index (χ1n) is 6.04. The smallest absolute Gasteiger partial charge is 0.304 e. The van der Waals surface area contributed by atoms with Crippen LogP contribution in [0.2, 0.25) is 0 Å². The fraction of sp³-hybridized carbons (Fsp3) is 0.455. The Morgan fingerprint density at radius 2 is 2.15 bits per heavy atom. The highest BCUT2D eigenvalue weighted by atomic mass is 32.2. The molecule has 2 rings (SSSR count). The van der Waals surface area contributed by atoms with Crippen molar-refractivity contribution in [3.63, 3.8) is 0 Å². The maximum absolute atomic E-state index is 13.6. The van der Waals surface area contributed by atoms with E-state index >= 15 is 0 Å². The number of rotatable bonds is 5. The molecule has 0 aromatic heterocycles. The van der Waals surface area contributed by atoms with Gasteiger partial charge in [0.25, 0.3) is 0 Å². The number of halogens is 1. The highest BCUT2D eigenvalue weighted by Gasteiger charge is 2.34. The Kier molecular flexibility index (Phi) is 4.02. The maximum Gasteiger partial charge on any atom is 0.304 e. The molecule has 1 aliphatic rings. The van der Waals surface area contributed by atoms with Crippen molar-refractivity contribution in [3.8, 4) is 0 Å². The molecular formula is C11H14FN3O4S. The molecule has 1 fully saturated rings. The van der Waals surface area contributed by atoms with Gasteiger partial charge in [0.15, 0.2) is 0 Å². The minimum absolute atomic E-state index is 0.164. The van der Waals surface area contributed by atoms with Gasteiger partial charge in [0, 0.05) is 37.8 Å². The Morgan fingerprint density at radius 3 is 2.55 bits per heavy atom. The molecule has 1 N–H and O–H groups in total. The van der Waals surface area contributed by atoms with Gasteiger partial charge in [0.2, 0.25) is 15.8 Å². The lowest BCUT2D eigenvalue weighted by Crippen LogP contribution is -2.58. The second-order valence-electron chi connectivity index (χ2n) is 4.39. The van der Waals surface area contributed by atoms with E-state index in [9.17, 15) is 22.9 Å². The topological polar surface area (TPSA) is 92.6 Å². The second-order valence-corrected chi connectivity index (χ2v) is 6.28. The number of sulfonamides is 1. The van der Waals surface area contributed by atoms with Crippen LogP contribution in [-0.4, -0.2) is 43.3 Å². The van der Waals surface area contributed by atoms with Crippen molar-refractivity contribution in [1.82, 2.24) is 9.62 Å². The number of nitro groups is 1. The fourth-order valence-electron chi connectivity index (χ4n) is 2.03. The molecule has 0 amide bonds. The van der Waals surface area contributed by atoms with Gasteiger partial charge in [-0.2, -0.15) is 8.70 Å². The zero-order chi connectivity index (χ0) is 14.9. The van der Waals surface area contributed by atoms with Crippen molar-refractivity contribution >= 4 is 15.7 Å². The number of nitrogens with one attached hydrogen (secondary N) is 1.